The van der Waals surface area contributed by atoms with Gasteiger partial charge in [-0.15, -0.1) is 11.3 Å². The third-order valence-electron chi connectivity index (χ3n) is 1.81. The smallest absolute Gasteiger partial charge is 0.0954 e. The molecule has 0 fully saturated rings. The Balaban J connectivity index is 2.36. The van der Waals surface area contributed by atoms with E-state index in [0.717, 1.165) is 12.2 Å². The zero-order valence-corrected chi connectivity index (χ0v) is 9.77. The van der Waals surface area contributed by atoms with E-state index >= 15 is 0 Å². The molecule has 14 heavy (non-hydrogen) atoms. The lowest BCUT2D eigenvalue weighted by Crippen LogP contribution is -2.23. The number of aromatic nitrogens is 1. The van der Waals surface area contributed by atoms with E-state index in [9.17, 15) is 0 Å². The van der Waals surface area contributed by atoms with Gasteiger partial charge in [0.1, 0.15) is 0 Å². The van der Waals surface area contributed by atoms with Gasteiger partial charge in [0.05, 0.1) is 16.8 Å². The Hall–Kier alpha value is -0.450. The van der Waals surface area contributed by atoms with Crippen LogP contribution in [-0.2, 0) is 6.54 Å². The number of hydrogen-bond donors (Lipinski definition) is 2. The van der Waals surface area contributed by atoms with Crippen molar-refractivity contribution in [1.29, 1.82) is 0 Å². The first kappa shape index (κ1) is 11.6. The highest BCUT2D eigenvalue weighted by molar-refractivity contribution is 7.09. The average Bonchev–Trinajstić information content (AvgIpc) is 2.52. The van der Waals surface area contributed by atoms with Gasteiger partial charge in [0.25, 0.3) is 0 Å². The molecule has 0 aliphatic heterocycles. The highest BCUT2D eigenvalue weighted by Gasteiger charge is 2.05. The van der Waals surface area contributed by atoms with Crippen molar-refractivity contribution in [3.63, 3.8) is 0 Å². The summed E-state index contributed by atoms with van der Waals surface area (Å²) in [7, 11) is 0. The lowest BCUT2D eigenvalue weighted by Gasteiger charge is -2.04. The largest absolute Gasteiger partial charge is 0.392 e. The normalized spacial score (nSPS) is 13.5. The van der Waals surface area contributed by atoms with Crippen LogP contribution in [0.1, 0.15) is 37.4 Å². The predicted molar refractivity (Wildman–Crippen MR) is 59.6 cm³/mol. The first-order valence-corrected chi connectivity index (χ1v) is 5.80. The van der Waals surface area contributed by atoms with Crippen molar-refractivity contribution in [3.8, 4) is 0 Å². The minimum atomic E-state index is -0.293. The Kier molecular flexibility index (Phi) is 4.51. The van der Waals surface area contributed by atoms with E-state index in [2.05, 4.69) is 29.5 Å². The standard InChI is InChI=1S/C10H18N2OS/c1-7(2)10-12-9(6-14-10)5-11-4-8(3)13/h6-8,11,13H,4-5H2,1-3H3. The van der Waals surface area contributed by atoms with Gasteiger partial charge < -0.3 is 10.4 Å². The fourth-order valence-corrected chi connectivity index (χ4v) is 1.91. The molecule has 4 heteroatoms. The third kappa shape index (κ3) is 3.74. The lowest BCUT2D eigenvalue weighted by molar-refractivity contribution is 0.191. The Morgan fingerprint density at radius 1 is 1.50 bits per heavy atom. The van der Waals surface area contributed by atoms with Crippen LogP contribution in [-0.4, -0.2) is 22.7 Å². The van der Waals surface area contributed by atoms with Crippen LogP contribution >= 0.6 is 11.3 Å². The van der Waals surface area contributed by atoms with Gasteiger partial charge in [-0.3, -0.25) is 0 Å². The van der Waals surface area contributed by atoms with Crippen LogP contribution in [0.4, 0.5) is 0 Å². The van der Waals surface area contributed by atoms with Crippen LogP contribution in [0.15, 0.2) is 5.38 Å². The van der Waals surface area contributed by atoms with Crippen molar-refractivity contribution in [2.24, 2.45) is 0 Å². The summed E-state index contributed by atoms with van der Waals surface area (Å²) in [6, 6.07) is 0. The molecule has 0 saturated heterocycles. The van der Waals surface area contributed by atoms with Crippen LogP contribution < -0.4 is 5.32 Å². The molecule has 0 aliphatic rings. The van der Waals surface area contributed by atoms with Crippen molar-refractivity contribution >= 4 is 11.3 Å². The van der Waals surface area contributed by atoms with E-state index in [1.165, 1.54) is 5.01 Å². The number of rotatable bonds is 5. The van der Waals surface area contributed by atoms with Crippen molar-refractivity contribution in [2.75, 3.05) is 6.54 Å². The summed E-state index contributed by atoms with van der Waals surface area (Å²) >= 11 is 1.70. The fraction of sp³-hybridized carbons (Fsp3) is 0.700. The average molecular weight is 214 g/mol. The minimum Gasteiger partial charge on any atom is -0.392 e. The molecule has 1 heterocycles. The molecule has 80 valence electrons. The SMILES string of the molecule is CC(O)CNCc1csc(C(C)C)n1. The quantitative estimate of drug-likeness (QED) is 0.784. The Morgan fingerprint density at radius 3 is 2.71 bits per heavy atom. The van der Waals surface area contributed by atoms with E-state index in [1.54, 1.807) is 18.3 Å². The van der Waals surface area contributed by atoms with Gasteiger partial charge in [0.15, 0.2) is 0 Å². The second-order valence-corrected chi connectivity index (χ2v) is 4.70. The Morgan fingerprint density at radius 2 is 2.21 bits per heavy atom. The van der Waals surface area contributed by atoms with E-state index < -0.39 is 0 Å². The maximum atomic E-state index is 9.04. The molecule has 3 nitrogen and oxygen atoms in total. The number of hydrogen-bond acceptors (Lipinski definition) is 4. The molecule has 0 aliphatic carbocycles. The van der Waals surface area contributed by atoms with Gasteiger partial charge in [-0.2, -0.15) is 0 Å². The van der Waals surface area contributed by atoms with Gasteiger partial charge in [-0.1, -0.05) is 13.8 Å². The van der Waals surface area contributed by atoms with E-state index in [0.29, 0.717) is 12.5 Å². The van der Waals surface area contributed by atoms with Crippen LogP contribution in [0.25, 0.3) is 0 Å². The molecule has 2 N–H and O–H groups in total. The Bertz CT molecular complexity index is 271. The fourth-order valence-electron chi connectivity index (χ4n) is 1.08. The summed E-state index contributed by atoms with van der Waals surface area (Å²) in [6.45, 7) is 7.42. The zero-order chi connectivity index (χ0) is 10.6. The topological polar surface area (TPSA) is 45.1 Å². The van der Waals surface area contributed by atoms with E-state index in [4.69, 9.17) is 5.11 Å². The molecule has 0 amide bonds. The molecule has 0 radical (unpaired) electrons. The molecule has 0 spiro atoms. The molecule has 0 saturated carbocycles. The molecule has 1 unspecified atom stereocenters. The first-order chi connectivity index (χ1) is 6.59. The van der Waals surface area contributed by atoms with Crippen LogP contribution in [0.5, 0.6) is 0 Å². The number of thiazole rings is 1. The molecule has 0 bridgehead atoms. The van der Waals surface area contributed by atoms with Gasteiger partial charge in [-0.25, -0.2) is 4.98 Å². The highest BCUT2D eigenvalue weighted by Crippen LogP contribution is 2.18. The second-order valence-electron chi connectivity index (χ2n) is 3.81. The molecule has 1 rings (SSSR count). The number of aliphatic hydroxyl groups excluding tert-OH is 1. The minimum absolute atomic E-state index is 0.293. The Labute approximate surface area is 89.2 Å². The molecular weight excluding hydrogens is 196 g/mol. The molecule has 0 aromatic carbocycles. The monoisotopic (exact) mass is 214 g/mol. The molecule has 1 aromatic rings. The summed E-state index contributed by atoms with van der Waals surface area (Å²) < 4.78 is 0. The van der Waals surface area contributed by atoms with Gasteiger partial charge in [0, 0.05) is 24.4 Å². The zero-order valence-electron chi connectivity index (χ0n) is 8.95. The lowest BCUT2D eigenvalue weighted by atomic mass is 10.2. The number of aliphatic hydroxyl groups is 1. The second kappa shape index (κ2) is 5.44. The summed E-state index contributed by atoms with van der Waals surface area (Å²) in [4.78, 5) is 4.48. The number of nitrogens with zero attached hydrogens (tertiary/aromatic N) is 1. The van der Waals surface area contributed by atoms with Crippen LogP contribution in [0.2, 0.25) is 0 Å². The van der Waals surface area contributed by atoms with Crippen molar-refractivity contribution in [3.05, 3.63) is 16.1 Å². The summed E-state index contributed by atoms with van der Waals surface area (Å²) in [6.07, 6.45) is -0.293. The maximum absolute atomic E-state index is 9.04. The van der Waals surface area contributed by atoms with Crippen molar-refractivity contribution in [1.82, 2.24) is 10.3 Å². The van der Waals surface area contributed by atoms with Gasteiger partial charge in [0.2, 0.25) is 0 Å². The predicted octanol–water partition coefficient (Wildman–Crippen LogP) is 1.74. The summed E-state index contributed by atoms with van der Waals surface area (Å²) in [5.74, 6) is 0.505. The molecular formula is C10H18N2OS. The third-order valence-corrected chi connectivity index (χ3v) is 3.00. The van der Waals surface area contributed by atoms with E-state index in [1.807, 2.05) is 0 Å². The van der Waals surface area contributed by atoms with E-state index in [-0.39, 0.29) is 6.10 Å². The maximum Gasteiger partial charge on any atom is 0.0954 e. The first-order valence-electron chi connectivity index (χ1n) is 4.92. The van der Waals surface area contributed by atoms with Crippen molar-refractivity contribution in [2.45, 2.75) is 39.3 Å². The van der Waals surface area contributed by atoms with Gasteiger partial charge in [-0.05, 0) is 6.92 Å². The number of nitrogens with one attached hydrogen (secondary N) is 1. The summed E-state index contributed by atoms with van der Waals surface area (Å²) in [5, 5.41) is 15.4. The molecule has 1 aromatic heterocycles. The molecule has 1 atom stereocenters. The summed E-state index contributed by atoms with van der Waals surface area (Å²) in [5.41, 5.74) is 1.07. The van der Waals surface area contributed by atoms with Gasteiger partial charge >= 0.3 is 0 Å². The van der Waals surface area contributed by atoms with Crippen LogP contribution in [0.3, 0.4) is 0 Å². The van der Waals surface area contributed by atoms with Crippen molar-refractivity contribution < 1.29 is 5.11 Å². The highest BCUT2D eigenvalue weighted by atomic mass is 32.1. The van der Waals surface area contributed by atoms with Crippen LogP contribution in [0, 0.1) is 0 Å².